The second-order valence-corrected chi connectivity index (χ2v) is 5.57. The van der Waals surface area contributed by atoms with Crippen molar-refractivity contribution in [2.24, 2.45) is 11.8 Å². The monoisotopic (exact) mass is 226 g/mol. The van der Waals surface area contributed by atoms with Crippen LogP contribution in [0.5, 0.6) is 0 Å². The summed E-state index contributed by atoms with van der Waals surface area (Å²) in [4.78, 5) is 2.61. The van der Waals surface area contributed by atoms with Gasteiger partial charge in [-0.1, -0.05) is 0 Å². The van der Waals surface area contributed by atoms with Crippen molar-refractivity contribution < 1.29 is 5.11 Å². The van der Waals surface area contributed by atoms with Crippen molar-refractivity contribution in [3.8, 4) is 0 Å². The van der Waals surface area contributed by atoms with Crippen LogP contribution in [0.4, 0.5) is 0 Å². The average molecular weight is 226 g/mol. The van der Waals surface area contributed by atoms with Gasteiger partial charge in [0.15, 0.2) is 0 Å². The van der Waals surface area contributed by atoms with Crippen molar-refractivity contribution in [1.29, 1.82) is 0 Å². The molecule has 2 fully saturated rings. The van der Waals surface area contributed by atoms with E-state index in [4.69, 9.17) is 0 Å². The molecule has 2 heterocycles. The van der Waals surface area contributed by atoms with E-state index < -0.39 is 0 Å². The maximum Gasteiger partial charge on any atom is 0.0541 e. The zero-order chi connectivity index (χ0) is 11.4. The molecule has 16 heavy (non-hydrogen) atoms. The number of aliphatic hydroxyl groups excluding tert-OH is 1. The fraction of sp³-hybridized carbons (Fsp3) is 1.00. The molecule has 0 aromatic heterocycles. The van der Waals surface area contributed by atoms with Gasteiger partial charge in [-0.25, -0.2) is 0 Å². The van der Waals surface area contributed by atoms with Gasteiger partial charge in [-0.2, -0.15) is 0 Å². The fourth-order valence-electron chi connectivity index (χ4n) is 3.05. The molecule has 0 radical (unpaired) electrons. The number of hydrogen-bond acceptors (Lipinski definition) is 3. The first kappa shape index (κ1) is 12.3. The highest BCUT2D eigenvalue weighted by molar-refractivity contribution is 4.78. The third kappa shape index (κ3) is 3.44. The van der Waals surface area contributed by atoms with Gasteiger partial charge in [0.05, 0.1) is 6.10 Å². The number of nitrogens with one attached hydrogen (secondary N) is 1. The lowest BCUT2D eigenvalue weighted by Crippen LogP contribution is -2.41. The van der Waals surface area contributed by atoms with Gasteiger partial charge in [-0.15, -0.1) is 0 Å². The number of rotatable bonds is 3. The van der Waals surface area contributed by atoms with Gasteiger partial charge in [-0.05, 0) is 70.6 Å². The Kier molecular flexibility index (Phi) is 4.62. The molecule has 2 saturated heterocycles. The Labute approximate surface area is 99.2 Å². The number of piperidine rings is 2. The van der Waals surface area contributed by atoms with E-state index in [1.807, 2.05) is 6.92 Å². The number of nitrogens with zero attached hydrogens (tertiary/aromatic N) is 1. The molecule has 0 saturated carbocycles. The highest BCUT2D eigenvalue weighted by Gasteiger charge is 2.24. The summed E-state index contributed by atoms with van der Waals surface area (Å²) in [6.07, 6.45) is 4.94. The summed E-state index contributed by atoms with van der Waals surface area (Å²) in [5.74, 6) is 1.45. The molecule has 94 valence electrons. The molecule has 0 aliphatic carbocycles. The van der Waals surface area contributed by atoms with E-state index in [9.17, 15) is 5.11 Å². The van der Waals surface area contributed by atoms with Crippen LogP contribution in [0.1, 0.15) is 32.6 Å². The van der Waals surface area contributed by atoms with Crippen LogP contribution in [0.15, 0.2) is 0 Å². The molecule has 0 spiro atoms. The predicted molar refractivity (Wildman–Crippen MR) is 66.4 cm³/mol. The summed E-state index contributed by atoms with van der Waals surface area (Å²) in [7, 11) is 0. The van der Waals surface area contributed by atoms with Crippen LogP contribution in [-0.4, -0.2) is 48.8 Å². The van der Waals surface area contributed by atoms with E-state index in [0.717, 1.165) is 5.92 Å². The summed E-state index contributed by atoms with van der Waals surface area (Å²) in [5, 5.41) is 13.0. The van der Waals surface area contributed by atoms with Crippen LogP contribution in [0, 0.1) is 11.8 Å². The van der Waals surface area contributed by atoms with E-state index in [2.05, 4.69) is 10.2 Å². The molecule has 2 aliphatic heterocycles. The first-order valence-electron chi connectivity index (χ1n) is 6.87. The second-order valence-electron chi connectivity index (χ2n) is 5.57. The van der Waals surface area contributed by atoms with Crippen LogP contribution in [0.25, 0.3) is 0 Å². The first-order valence-corrected chi connectivity index (χ1v) is 6.87. The van der Waals surface area contributed by atoms with Gasteiger partial charge >= 0.3 is 0 Å². The Hall–Kier alpha value is -0.120. The van der Waals surface area contributed by atoms with Crippen LogP contribution in [0.3, 0.4) is 0 Å². The van der Waals surface area contributed by atoms with E-state index in [0.29, 0.717) is 5.92 Å². The third-order valence-corrected chi connectivity index (χ3v) is 4.29. The molecular weight excluding hydrogens is 200 g/mol. The minimum Gasteiger partial charge on any atom is -0.393 e. The van der Waals surface area contributed by atoms with Crippen LogP contribution >= 0.6 is 0 Å². The van der Waals surface area contributed by atoms with Gasteiger partial charge in [0.2, 0.25) is 0 Å². The van der Waals surface area contributed by atoms with Crippen LogP contribution in [0.2, 0.25) is 0 Å². The normalized spacial score (nSPS) is 28.1. The lowest BCUT2D eigenvalue weighted by atomic mass is 9.90. The summed E-state index contributed by atoms with van der Waals surface area (Å²) in [6, 6.07) is 0. The summed E-state index contributed by atoms with van der Waals surface area (Å²) in [5.41, 5.74) is 0. The van der Waals surface area contributed by atoms with E-state index in [1.165, 1.54) is 58.4 Å². The highest BCUT2D eigenvalue weighted by atomic mass is 16.3. The third-order valence-electron chi connectivity index (χ3n) is 4.29. The standard InChI is InChI=1S/C13H26N2O/c1-11(16)13-4-8-15(9-5-13)10-12-2-6-14-7-3-12/h11-14,16H,2-10H2,1H3. The van der Waals surface area contributed by atoms with Crippen molar-refractivity contribution >= 4 is 0 Å². The van der Waals surface area contributed by atoms with Crippen molar-refractivity contribution in [2.75, 3.05) is 32.7 Å². The Morgan fingerprint density at radius 1 is 1.19 bits per heavy atom. The molecule has 3 nitrogen and oxygen atoms in total. The first-order chi connectivity index (χ1) is 7.75. The van der Waals surface area contributed by atoms with Gasteiger partial charge < -0.3 is 15.3 Å². The number of likely N-dealkylation sites (tertiary alicyclic amines) is 1. The van der Waals surface area contributed by atoms with Crippen LogP contribution in [-0.2, 0) is 0 Å². The number of hydrogen-bond donors (Lipinski definition) is 2. The molecular formula is C13H26N2O. The molecule has 0 amide bonds. The van der Waals surface area contributed by atoms with Crippen molar-refractivity contribution in [1.82, 2.24) is 10.2 Å². The quantitative estimate of drug-likeness (QED) is 0.756. The second kappa shape index (κ2) is 5.99. The van der Waals surface area contributed by atoms with Gasteiger partial charge in [0.1, 0.15) is 0 Å². The van der Waals surface area contributed by atoms with E-state index >= 15 is 0 Å². The molecule has 1 atom stereocenters. The Morgan fingerprint density at radius 3 is 2.38 bits per heavy atom. The lowest BCUT2D eigenvalue weighted by molar-refractivity contribution is 0.0643. The summed E-state index contributed by atoms with van der Waals surface area (Å²) < 4.78 is 0. The largest absolute Gasteiger partial charge is 0.393 e. The minimum atomic E-state index is -0.110. The molecule has 2 N–H and O–H groups in total. The molecule has 2 aliphatic rings. The Bertz CT molecular complexity index is 194. The zero-order valence-electron chi connectivity index (χ0n) is 10.5. The summed E-state index contributed by atoms with van der Waals surface area (Å²) >= 11 is 0. The SMILES string of the molecule is CC(O)C1CCN(CC2CCNCC2)CC1. The van der Waals surface area contributed by atoms with Gasteiger partial charge in [0.25, 0.3) is 0 Å². The van der Waals surface area contributed by atoms with Crippen molar-refractivity contribution in [3.63, 3.8) is 0 Å². The summed E-state index contributed by atoms with van der Waals surface area (Å²) in [6.45, 7) is 8.02. The molecule has 3 heteroatoms. The smallest absolute Gasteiger partial charge is 0.0541 e. The average Bonchev–Trinajstić information content (AvgIpc) is 2.31. The molecule has 2 rings (SSSR count). The van der Waals surface area contributed by atoms with Crippen LogP contribution < -0.4 is 5.32 Å². The topological polar surface area (TPSA) is 35.5 Å². The highest BCUT2D eigenvalue weighted by Crippen LogP contribution is 2.22. The van der Waals surface area contributed by atoms with E-state index in [1.54, 1.807) is 0 Å². The fourth-order valence-corrected chi connectivity index (χ4v) is 3.05. The Balaban J connectivity index is 1.68. The van der Waals surface area contributed by atoms with Crippen molar-refractivity contribution in [3.05, 3.63) is 0 Å². The van der Waals surface area contributed by atoms with E-state index in [-0.39, 0.29) is 6.10 Å². The Morgan fingerprint density at radius 2 is 1.81 bits per heavy atom. The zero-order valence-corrected chi connectivity index (χ0v) is 10.5. The van der Waals surface area contributed by atoms with Crippen molar-refractivity contribution in [2.45, 2.75) is 38.7 Å². The predicted octanol–water partition coefficient (Wildman–Crippen LogP) is 1.08. The number of aliphatic hydroxyl groups is 1. The van der Waals surface area contributed by atoms with Gasteiger partial charge in [-0.3, -0.25) is 0 Å². The maximum absolute atomic E-state index is 9.56. The molecule has 0 aromatic carbocycles. The maximum atomic E-state index is 9.56. The molecule has 0 aromatic rings. The van der Waals surface area contributed by atoms with Gasteiger partial charge in [0, 0.05) is 6.54 Å². The minimum absolute atomic E-state index is 0.110. The molecule has 0 bridgehead atoms. The lowest BCUT2D eigenvalue weighted by Gasteiger charge is -2.36. The molecule has 1 unspecified atom stereocenters.